The third-order valence-corrected chi connectivity index (χ3v) is 2.59. The van der Waals surface area contributed by atoms with Gasteiger partial charge in [0.15, 0.2) is 0 Å². The molecule has 0 unspecified atom stereocenters. The number of nitrogens with one attached hydrogen (secondary N) is 1. The summed E-state index contributed by atoms with van der Waals surface area (Å²) in [5.41, 5.74) is 2.34. The molecule has 1 heteroatoms. The first kappa shape index (κ1) is 8.30. The zero-order chi connectivity index (χ0) is 10.1. The van der Waals surface area contributed by atoms with Gasteiger partial charge in [-0.1, -0.05) is 48.6 Å². The van der Waals surface area contributed by atoms with E-state index in [4.69, 9.17) is 0 Å². The molecule has 1 N–H and O–H groups in total. The lowest BCUT2D eigenvalue weighted by molar-refractivity contribution is 1.16. The molecule has 71 valence electrons. The van der Waals surface area contributed by atoms with Gasteiger partial charge in [-0.2, -0.15) is 0 Å². The fourth-order valence-electron chi connectivity index (χ4n) is 1.85. The Morgan fingerprint density at radius 1 is 1.00 bits per heavy atom. The average molecular weight is 192 g/mol. The first-order valence-electron chi connectivity index (χ1n) is 4.99. The molecule has 0 atom stereocenters. The van der Waals surface area contributed by atoms with E-state index >= 15 is 0 Å². The topological polar surface area (TPSA) is 12.0 Å². The lowest BCUT2D eigenvalue weighted by Crippen LogP contribution is -2.34. The van der Waals surface area contributed by atoms with E-state index in [1.165, 1.54) is 10.8 Å². The normalized spacial score (nSPS) is 16.8. The van der Waals surface area contributed by atoms with Crippen molar-refractivity contribution in [3.8, 4) is 0 Å². The van der Waals surface area contributed by atoms with Gasteiger partial charge in [-0.15, -0.1) is 0 Å². The Morgan fingerprint density at radius 3 is 2.93 bits per heavy atom. The average Bonchev–Trinajstić information content (AvgIpc) is 2.54. The van der Waals surface area contributed by atoms with Crippen molar-refractivity contribution in [1.82, 2.24) is 5.32 Å². The van der Waals surface area contributed by atoms with Crippen LogP contribution in [0.15, 0.2) is 60.3 Å². The molecule has 1 aromatic carbocycles. The molecule has 1 heterocycles. The van der Waals surface area contributed by atoms with Crippen LogP contribution in [0.3, 0.4) is 0 Å². The molecule has 0 amide bonds. The number of benzene rings is 1. The van der Waals surface area contributed by atoms with E-state index in [-0.39, 0.29) is 0 Å². The summed E-state index contributed by atoms with van der Waals surface area (Å²) in [7, 11) is 0. The fourth-order valence-corrected chi connectivity index (χ4v) is 1.85. The predicted molar refractivity (Wildman–Crippen MR) is 62.0 cm³/mol. The van der Waals surface area contributed by atoms with Gasteiger partial charge in [-0.3, -0.25) is 0 Å². The van der Waals surface area contributed by atoms with Crippen molar-refractivity contribution in [3.63, 3.8) is 0 Å². The third-order valence-electron chi connectivity index (χ3n) is 2.59. The molecule has 1 radical (unpaired) electrons. The van der Waals surface area contributed by atoms with Crippen LogP contribution < -0.4 is 15.8 Å². The summed E-state index contributed by atoms with van der Waals surface area (Å²) in [6.07, 6.45) is 13.5. The molecule has 1 aliphatic carbocycles. The van der Waals surface area contributed by atoms with Crippen LogP contribution in [0.2, 0.25) is 0 Å². The van der Waals surface area contributed by atoms with Gasteiger partial charge in [0, 0.05) is 16.5 Å². The van der Waals surface area contributed by atoms with Crippen LogP contribution in [0.5, 0.6) is 0 Å². The first-order valence-corrected chi connectivity index (χ1v) is 4.99. The monoisotopic (exact) mass is 192 g/mol. The maximum Gasteiger partial charge on any atom is 0.0710 e. The molecule has 3 rings (SSSR count). The Labute approximate surface area is 88.4 Å². The molecular formula is C14H10N. The Bertz CT molecular complexity index is 600. The van der Waals surface area contributed by atoms with Crippen molar-refractivity contribution in [1.29, 1.82) is 0 Å². The molecule has 1 nitrogen and oxygen atoms in total. The SMILES string of the molecule is [C]1=c2ccccc2=C2C=CC=CC=C2N1. The minimum Gasteiger partial charge on any atom is -0.353 e. The zero-order valence-corrected chi connectivity index (χ0v) is 8.20. The van der Waals surface area contributed by atoms with E-state index in [0.29, 0.717) is 0 Å². The highest BCUT2D eigenvalue weighted by Crippen LogP contribution is 2.12. The van der Waals surface area contributed by atoms with Gasteiger partial charge in [0.25, 0.3) is 0 Å². The molecule has 0 bridgehead atoms. The van der Waals surface area contributed by atoms with Gasteiger partial charge in [0.05, 0.1) is 6.20 Å². The molecule has 0 spiro atoms. The van der Waals surface area contributed by atoms with E-state index in [2.05, 4.69) is 47.9 Å². The fraction of sp³-hybridized carbons (Fsp3) is 0. The number of fused-ring (bicyclic) bond motifs is 2. The van der Waals surface area contributed by atoms with Gasteiger partial charge >= 0.3 is 0 Å². The van der Waals surface area contributed by atoms with Crippen molar-refractivity contribution in [2.75, 3.05) is 0 Å². The van der Waals surface area contributed by atoms with E-state index in [0.717, 1.165) is 10.9 Å². The highest BCUT2D eigenvalue weighted by molar-refractivity contribution is 5.76. The zero-order valence-electron chi connectivity index (χ0n) is 8.20. The van der Waals surface area contributed by atoms with Gasteiger partial charge in [-0.05, 0) is 11.3 Å². The Balaban J connectivity index is 2.43. The molecular weight excluding hydrogens is 182 g/mol. The summed E-state index contributed by atoms with van der Waals surface area (Å²) >= 11 is 0. The molecule has 0 fully saturated rings. The highest BCUT2D eigenvalue weighted by atomic mass is 14.9. The predicted octanol–water partition coefficient (Wildman–Crippen LogP) is 1.07. The van der Waals surface area contributed by atoms with Crippen LogP contribution in [0.4, 0.5) is 0 Å². The highest BCUT2D eigenvalue weighted by Gasteiger charge is 2.07. The Hall–Kier alpha value is -2.02. The standard InChI is InChI=1S/C14H10N/c1-2-8-13-12-7-5-4-6-11(12)10-15-14(13)9-3-1/h1-9,15H. The summed E-state index contributed by atoms with van der Waals surface area (Å²) in [4.78, 5) is 0. The number of rotatable bonds is 0. The van der Waals surface area contributed by atoms with E-state index < -0.39 is 0 Å². The minimum atomic E-state index is 1.11. The Kier molecular flexibility index (Phi) is 1.82. The summed E-state index contributed by atoms with van der Waals surface area (Å²) in [5, 5.41) is 5.55. The van der Waals surface area contributed by atoms with Crippen molar-refractivity contribution in [2.45, 2.75) is 0 Å². The van der Waals surface area contributed by atoms with Crippen molar-refractivity contribution < 1.29 is 0 Å². The second-order valence-electron chi connectivity index (χ2n) is 3.53. The lowest BCUT2D eigenvalue weighted by Gasteiger charge is -2.12. The second-order valence-corrected chi connectivity index (χ2v) is 3.53. The van der Waals surface area contributed by atoms with Crippen molar-refractivity contribution in [2.24, 2.45) is 0 Å². The van der Waals surface area contributed by atoms with Gasteiger partial charge in [0.1, 0.15) is 0 Å². The van der Waals surface area contributed by atoms with Gasteiger partial charge in [0.2, 0.25) is 0 Å². The summed E-state index contributed by atoms with van der Waals surface area (Å²) < 4.78 is 0. The number of hydrogen-bond acceptors (Lipinski definition) is 1. The number of allylic oxidation sites excluding steroid dienone is 5. The summed E-state index contributed by atoms with van der Waals surface area (Å²) in [6, 6.07) is 8.28. The van der Waals surface area contributed by atoms with Gasteiger partial charge < -0.3 is 5.32 Å². The molecule has 0 saturated carbocycles. The Morgan fingerprint density at radius 2 is 1.93 bits per heavy atom. The molecule has 1 aromatic rings. The molecule has 1 aliphatic heterocycles. The molecule has 0 aromatic heterocycles. The molecule has 15 heavy (non-hydrogen) atoms. The largest absolute Gasteiger partial charge is 0.353 e. The van der Waals surface area contributed by atoms with Crippen molar-refractivity contribution >= 4 is 11.8 Å². The van der Waals surface area contributed by atoms with Crippen LogP contribution in [0, 0.1) is 0 Å². The maximum atomic E-state index is 3.19. The van der Waals surface area contributed by atoms with Gasteiger partial charge in [-0.25, -0.2) is 0 Å². The minimum absolute atomic E-state index is 1.11. The van der Waals surface area contributed by atoms with Crippen LogP contribution in [-0.4, -0.2) is 0 Å². The van der Waals surface area contributed by atoms with Crippen LogP contribution in [0.25, 0.3) is 11.8 Å². The molecule has 0 saturated heterocycles. The second kappa shape index (κ2) is 3.28. The number of hydrogen-bond donors (Lipinski definition) is 1. The molecule has 2 aliphatic rings. The van der Waals surface area contributed by atoms with E-state index in [1.807, 2.05) is 18.2 Å². The lowest BCUT2D eigenvalue weighted by atomic mass is 10.0. The maximum absolute atomic E-state index is 3.19. The van der Waals surface area contributed by atoms with Crippen LogP contribution in [0.1, 0.15) is 0 Å². The van der Waals surface area contributed by atoms with Crippen LogP contribution >= 0.6 is 0 Å². The van der Waals surface area contributed by atoms with E-state index in [9.17, 15) is 0 Å². The van der Waals surface area contributed by atoms with Crippen molar-refractivity contribution in [3.05, 3.63) is 70.8 Å². The van der Waals surface area contributed by atoms with E-state index in [1.54, 1.807) is 0 Å². The first-order chi connectivity index (χ1) is 7.45. The summed E-state index contributed by atoms with van der Waals surface area (Å²) in [6.45, 7) is 0. The van der Waals surface area contributed by atoms with Crippen LogP contribution in [-0.2, 0) is 0 Å². The quantitative estimate of drug-likeness (QED) is 0.648. The third kappa shape index (κ3) is 1.33. The smallest absolute Gasteiger partial charge is 0.0710 e. The summed E-state index contributed by atoms with van der Waals surface area (Å²) in [5.74, 6) is 0.